The third-order valence-electron chi connectivity index (χ3n) is 6.60. The van der Waals surface area contributed by atoms with Gasteiger partial charge >= 0.3 is 0 Å². The Bertz CT molecular complexity index is 1350. The number of carbonyl (C=O) groups excluding carboxylic acids is 2. The molecule has 10 nitrogen and oxygen atoms in total. The molecule has 2 heterocycles. The zero-order valence-electron chi connectivity index (χ0n) is 22.4. The van der Waals surface area contributed by atoms with Crippen molar-refractivity contribution in [2.75, 3.05) is 48.5 Å². The van der Waals surface area contributed by atoms with Gasteiger partial charge in [0.1, 0.15) is 5.76 Å². The summed E-state index contributed by atoms with van der Waals surface area (Å²) in [5.41, 5.74) is 2.29. The number of likely N-dealkylation sites (N-methyl/N-ethyl adjacent to an activating group) is 1. The summed E-state index contributed by atoms with van der Waals surface area (Å²) in [5.74, 6) is -0.647. The molecule has 1 N–H and O–H groups in total. The van der Waals surface area contributed by atoms with Gasteiger partial charge in [-0.1, -0.05) is 18.2 Å². The van der Waals surface area contributed by atoms with Gasteiger partial charge in [0, 0.05) is 13.1 Å². The molecular weight excluding hydrogens is 488 g/mol. The lowest BCUT2D eigenvalue weighted by Crippen LogP contribution is -2.35. The van der Waals surface area contributed by atoms with E-state index in [1.807, 2.05) is 49.3 Å². The summed E-state index contributed by atoms with van der Waals surface area (Å²) >= 11 is 0. The Morgan fingerprint density at radius 1 is 1.03 bits per heavy atom. The number of carbonyl (C=O) groups is 2. The molecule has 0 bridgehead atoms. The van der Waals surface area contributed by atoms with Gasteiger partial charge in [0.05, 0.1) is 56.1 Å². The summed E-state index contributed by atoms with van der Waals surface area (Å²) in [6.45, 7) is 2.57. The van der Waals surface area contributed by atoms with E-state index in [1.54, 1.807) is 23.7 Å². The number of para-hydroxylation sites is 1. The Morgan fingerprint density at radius 3 is 2.21 bits per heavy atom. The molecule has 1 saturated heterocycles. The van der Waals surface area contributed by atoms with Crippen LogP contribution in [0.25, 0.3) is 11.4 Å². The number of hydrogen-bond acceptors (Lipinski definition) is 8. The van der Waals surface area contributed by atoms with Gasteiger partial charge in [-0.15, -0.1) is 0 Å². The fourth-order valence-corrected chi connectivity index (χ4v) is 4.64. The third-order valence-corrected chi connectivity index (χ3v) is 6.60. The summed E-state index contributed by atoms with van der Waals surface area (Å²) in [6.07, 6.45) is 1.50. The van der Waals surface area contributed by atoms with Crippen LogP contribution in [0.5, 0.6) is 17.2 Å². The molecule has 4 rings (SSSR count). The van der Waals surface area contributed by atoms with E-state index >= 15 is 0 Å². The van der Waals surface area contributed by atoms with Gasteiger partial charge in [-0.2, -0.15) is 5.10 Å². The molecule has 1 atom stereocenters. The van der Waals surface area contributed by atoms with Crippen LogP contribution in [-0.4, -0.2) is 84.9 Å². The van der Waals surface area contributed by atoms with Crippen LogP contribution in [-0.2, 0) is 9.59 Å². The first-order valence-electron chi connectivity index (χ1n) is 12.1. The van der Waals surface area contributed by atoms with Crippen LogP contribution >= 0.6 is 0 Å². The molecule has 0 saturated carbocycles. The maximum absolute atomic E-state index is 13.4. The van der Waals surface area contributed by atoms with Crippen molar-refractivity contribution in [2.45, 2.75) is 13.0 Å². The summed E-state index contributed by atoms with van der Waals surface area (Å²) in [7, 11) is 8.24. The zero-order chi connectivity index (χ0) is 27.6. The quantitative estimate of drug-likeness (QED) is 0.261. The molecule has 0 aliphatic carbocycles. The molecule has 38 heavy (non-hydrogen) atoms. The van der Waals surface area contributed by atoms with Gasteiger partial charge in [0.25, 0.3) is 11.7 Å². The number of methoxy groups -OCH3 is 3. The molecule has 2 aromatic carbocycles. The van der Waals surface area contributed by atoms with Crippen molar-refractivity contribution in [1.82, 2.24) is 19.6 Å². The van der Waals surface area contributed by atoms with E-state index in [0.29, 0.717) is 40.6 Å². The minimum atomic E-state index is -0.886. The van der Waals surface area contributed by atoms with Crippen LogP contribution in [0, 0.1) is 6.92 Å². The van der Waals surface area contributed by atoms with Gasteiger partial charge in [-0.3, -0.25) is 9.59 Å². The van der Waals surface area contributed by atoms with E-state index in [1.165, 1.54) is 32.4 Å². The van der Waals surface area contributed by atoms with Crippen LogP contribution in [0.15, 0.2) is 54.2 Å². The first kappa shape index (κ1) is 26.7. The summed E-state index contributed by atoms with van der Waals surface area (Å²) in [4.78, 5) is 30.1. The fourth-order valence-electron chi connectivity index (χ4n) is 4.64. The van der Waals surface area contributed by atoms with Crippen molar-refractivity contribution in [3.05, 3.63) is 71.1 Å². The molecule has 1 amide bonds. The standard InChI is InChI=1S/C28H32N4O6/c1-17-20(16-29-32(17)19-10-8-7-9-11-19)25(33)23-24(31(13-12-30(2)3)28(35)26(23)34)18-14-21(36-4)27(38-6)22(15-18)37-5/h7-11,14-16,24,33H,12-13H2,1-6H3/t24-/m1/s1. The highest BCUT2D eigenvalue weighted by Gasteiger charge is 2.46. The van der Waals surface area contributed by atoms with Gasteiger partial charge in [0.15, 0.2) is 11.5 Å². The van der Waals surface area contributed by atoms with Crippen molar-refractivity contribution < 1.29 is 28.9 Å². The van der Waals surface area contributed by atoms with Crippen LogP contribution in [0.1, 0.15) is 22.9 Å². The average Bonchev–Trinajstić information content (AvgIpc) is 3.43. The number of ether oxygens (including phenoxy) is 3. The number of likely N-dealkylation sites (tertiary alicyclic amines) is 1. The number of rotatable bonds is 9. The van der Waals surface area contributed by atoms with Gasteiger partial charge in [-0.25, -0.2) is 4.68 Å². The van der Waals surface area contributed by atoms with Crippen LogP contribution in [0.3, 0.4) is 0 Å². The first-order chi connectivity index (χ1) is 18.2. The van der Waals surface area contributed by atoms with Crippen molar-refractivity contribution in [2.24, 2.45) is 0 Å². The number of aliphatic hydroxyl groups excluding tert-OH is 1. The second kappa shape index (κ2) is 11.0. The SMILES string of the molecule is COc1cc([C@@H]2C(=C(O)c3cnn(-c4ccccc4)c3C)C(=O)C(=O)N2CCN(C)C)cc(OC)c1OC. The van der Waals surface area contributed by atoms with Crippen molar-refractivity contribution >= 4 is 17.4 Å². The van der Waals surface area contributed by atoms with E-state index in [2.05, 4.69) is 5.10 Å². The third kappa shape index (κ3) is 4.70. The van der Waals surface area contributed by atoms with Gasteiger partial charge < -0.3 is 29.1 Å². The smallest absolute Gasteiger partial charge is 0.295 e. The number of Topliss-reactive ketones (excluding diaryl/α,β-unsaturated/α-hetero) is 1. The van der Waals surface area contributed by atoms with E-state index in [4.69, 9.17) is 14.2 Å². The average molecular weight is 521 g/mol. The Balaban J connectivity index is 1.92. The fraction of sp³-hybridized carbons (Fsp3) is 0.321. The molecule has 0 radical (unpaired) electrons. The minimum absolute atomic E-state index is 0.0289. The molecule has 3 aromatic rings. The van der Waals surface area contributed by atoms with E-state index in [-0.39, 0.29) is 17.9 Å². The second-order valence-corrected chi connectivity index (χ2v) is 9.15. The van der Waals surface area contributed by atoms with Crippen LogP contribution in [0.4, 0.5) is 0 Å². The highest BCUT2D eigenvalue weighted by Crippen LogP contribution is 2.45. The molecule has 1 aliphatic rings. The molecule has 0 unspecified atom stereocenters. The Morgan fingerprint density at radius 2 is 1.66 bits per heavy atom. The first-order valence-corrected chi connectivity index (χ1v) is 12.1. The van der Waals surface area contributed by atoms with E-state index < -0.39 is 17.7 Å². The van der Waals surface area contributed by atoms with Gasteiger partial charge in [0.2, 0.25) is 5.75 Å². The van der Waals surface area contributed by atoms with E-state index in [9.17, 15) is 14.7 Å². The van der Waals surface area contributed by atoms with Crippen molar-refractivity contribution in [1.29, 1.82) is 0 Å². The molecule has 200 valence electrons. The lowest BCUT2D eigenvalue weighted by atomic mass is 9.94. The van der Waals surface area contributed by atoms with Crippen molar-refractivity contribution in [3.8, 4) is 22.9 Å². The molecule has 0 spiro atoms. The van der Waals surface area contributed by atoms with Crippen molar-refractivity contribution in [3.63, 3.8) is 0 Å². The number of aliphatic hydroxyl groups is 1. The largest absolute Gasteiger partial charge is 0.507 e. The minimum Gasteiger partial charge on any atom is -0.507 e. The number of nitrogens with zero attached hydrogens (tertiary/aromatic N) is 4. The van der Waals surface area contributed by atoms with Crippen LogP contribution in [0.2, 0.25) is 0 Å². The monoisotopic (exact) mass is 520 g/mol. The maximum atomic E-state index is 13.4. The Labute approximate surface area is 221 Å². The second-order valence-electron chi connectivity index (χ2n) is 9.15. The molecule has 1 fully saturated rings. The number of amides is 1. The lowest BCUT2D eigenvalue weighted by Gasteiger charge is -2.27. The summed E-state index contributed by atoms with van der Waals surface area (Å²) in [6, 6.07) is 11.9. The highest BCUT2D eigenvalue weighted by atomic mass is 16.5. The number of aromatic nitrogens is 2. The van der Waals surface area contributed by atoms with E-state index in [0.717, 1.165) is 5.69 Å². The predicted octanol–water partition coefficient (Wildman–Crippen LogP) is 3.19. The Kier molecular flexibility index (Phi) is 7.72. The normalized spacial score (nSPS) is 16.8. The summed E-state index contributed by atoms with van der Waals surface area (Å²) in [5, 5.41) is 16.0. The zero-order valence-corrected chi connectivity index (χ0v) is 22.4. The van der Waals surface area contributed by atoms with Crippen LogP contribution < -0.4 is 14.2 Å². The topological polar surface area (TPSA) is 106 Å². The number of benzene rings is 2. The number of hydrogen-bond donors (Lipinski definition) is 1. The highest BCUT2D eigenvalue weighted by molar-refractivity contribution is 6.46. The molecule has 1 aromatic heterocycles. The molecule has 1 aliphatic heterocycles. The molecule has 10 heteroatoms. The predicted molar refractivity (Wildman–Crippen MR) is 142 cm³/mol. The lowest BCUT2D eigenvalue weighted by molar-refractivity contribution is -0.140. The Hall–Kier alpha value is -4.31. The van der Waals surface area contributed by atoms with Gasteiger partial charge in [-0.05, 0) is 50.8 Å². The maximum Gasteiger partial charge on any atom is 0.295 e. The number of ketones is 1. The summed E-state index contributed by atoms with van der Waals surface area (Å²) < 4.78 is 18.2. The molecular formula is C28H32N4O6.